The van der Waals surface area contributed by atoms with E-state index in [1.54, 1.807) is 0 Å². The number of halogens is 1. The Bertz CT molecular complexity index is 118. The fourth-order valence-corrected chi connectivity index (χ4v) is 2.61. The van der Waals surface area contributed by atoms with Crippen molar-refractivity contribution in [3.63, 3.8) is 0 Å². The number of hydrogen-bond donors (Lipinski definition) is 0. The molecule has 80 valence electrons. The standard InChI is InChI=1S/C12H25Br/c1-5-8-12(4,10-13)9-11(6-2)7-3/h11H,5-10H2,1-4H3. The molecule has 0 aliphatic carbocycles. The maximum Gasteiger partial charge on any atom is 0.00854 e. The second kappa shape index (κ2) is 6.86. The van der Waals surface area contributed by atoms with Crippen molar-refractivity contribution in [1.82, 2.24) is 0 Å². The van der Waals surface area contributed by atoms with Crippen molar-refractivity contribution in [2.45, 2.75) is 59.8 Å². The van der Waals surface area contributed by atoms with Crippen molar-refractivity contribution >= 4 is 15.9 Å². The van der Waals surface area contributed by atoms with Gasteiger partial charge in [-0.25, -0.2) is 0 Å². The Labute approximate surface area is 92.6 Å². The molecule has 0 aromatic carbocycles. The predicted octanol–water partition coefficient (Wildman–Crippen LogP) is 5.01. The molecule has 0 aromatic heterocycles. The first-order valence-electron chi connectivity index (χ1n) is 5.67. The quantitative estimate of drug-likeness (QED) is 0.556. The summed E-state index contributed by atoms with van der Waals surface area (Å²) in [5.41, 5.74) is 0.533. The smallest absolute Gasteiger partial charge is 0.00854 e. The molecule has 0 saturated carbocycles. The number of alkyl halides is 1. The highest BCUT2D eigenvalue weighted by Crippen LogP contribution is 2.35. The van der Waals surface area contributed by atoms with Gasteiger partial charge >= 0.3 is 0 Å². The molecule has 0 nitrogen and oxygen atoms in total. The predicted molar refractivity (Wildman–Crippen MR) is 65.5 cm³/mol. The van der Waals surface area contributed by atoms with Gasteiger partial charge in [0.25, 0.3) is 0 Å². The van der Waals surface area contributed by atoms with Crippen LogP contribution in [-0.2, 0) is 0 Å². The Hall–Kier alpha value is 0.480. The number of hydrogen-bond acceptors (Lipinski definition) is 0. The molecule has 0 aromatic rings. The lowest BCUT2D eigenvalue weighted by molar-refractivity contribution is 0.244. The van der Waals surface area contributed by atoms with Gasteiger partial charge in [-0.1, -0.05) is 62.9 Å². The molecule has 0 amide bonds. The van der Waals surface area contributed by atoms with Gasteiger partial charge in [0.15, 0.2) is 0 Å². The normalized spacial score (nSPS) is 16.2. The van der Waals surface area contributed by atoms with E-state index >= 15 is 0 Å². The summed E-state index contributed by atoms with van der Waals surface area (Å²) in [6.45, 7) is 9.33. The molecular formula is C12H25Br. The Morgan fingerprint density at radius 3 is 2.00 bits per heavy atom. The summed E-state index contributed by atoms with van der Waals surface area (Å²) in [6, 6.07) is 0. The molecule has 0 aliphatic rings. The summed E-state index contributed by atoms with van der Waals surface area (Å²) < 4.78 is 0. The summed E-state index contributed by atoms with van der Waals surface area (Å²) in [5, 5.41) is 1.16. The van der Waals surface area contributed by atoms with Crippen LogP contribution < -0.4 is 0 Å². The average Bonchev–Trinajstić information content (AvgIpc) is 2.15. The van der Waals surface area contributed by atoms with E-state index in [2.05, 4.69) is 43.6 Å². The SMILES string of the molecule is CCCC(C)(CBr)CC(CC)CC. The molecule has 0 fully saturated rings. The van der Waals surface area contributed by atoms with Crippen molar-refractivity contribution < 1.29 is 0 Å². The molecule has 0 saturated heterocycles. The van der Waals surface area contributed by atoms with E-state index in [1.165, 1.54) is 32.1 Å². The summed E-state index contributed by atoms with van der Waals surface area (Å²) in [6.07, 6.45) is 6.72. The van der Waals surface area contributed by atoms with Gasteiger partial charge in [-0.05, 0) is 24.2 Å². The minimum Gasteiger partial charge on any atom is -0.0922 e. The van der Waals surface area contributed by atoms with Gasteiger partial charge in [0, 0.05) is 5.33 Å². The van der Waals surface area contributed by atoms with Crippen molar-refractivity contribution in [1.29, 1.82) is 0 Å². The molecule has 0 rings (SSSR count). The maximum absolute atomic E-state index is 3.66. The topological polar surface area (TPSA) is 0 Å². The fraction of sp³-hybridized carbons (Fsp3) is 1.00. The van der Waals surface area contributed by atoms with Crippen molar-refractivity contribution in [3.8, 4) is 0 Å². The van der Waals surface area contributed by atoms with Crippen LogP contribution >= 0.6 is 15.9 Å². The molecule has 0 radical (unpaired) electrons. The van der Waals surface area contributed by atoms with Crippen LogP contribution in [-0.4, -0.2) is 5.33 Å². The highest BCUT2D eigenvalue weighted by Gasteiger charge is 2.24. The first-order chi connectivity index (χ1) is 6.11. The summed E-state index contributed by atoms with van der Waals surface area (Å²) >= 11 is 3.66. The van der Waals surface area contributed by atoms with Crippen LogP contribution in [0.15, 0.2) is 0 Å². The van der Waals surface area contributed by atoms with Crippen LogP contribution in [0.2, 0.25) is 0 Å². The summed E-state index contributed by atoms with van der Waals surface area (Å²) in [5.74, 6) is 0.925. The van der Waals surface area contributed by atoms with E-state index < -0.39 is 0 Å². The molecule has 1 heteroatoms. The third-order valence-corrected chi connectivity index (χ3v) is 4.47. The van der Waals surface area contributed by atoms with Crippen LogP contribution in [0.4, 0.5) is 0 Å². The van der Waals surface area contributed by atoms with E-state index in [9.17, 15) is 0 Å². The lowest BCUT2D eigenvalue weighted by Gasteiger charge is -2.30. The second-order valence-electron chi connectivity index (χ2n) is 4.58. The Kier molecular flexibility index (Phi) is 7.12. The van der Waals surface area contributed by atoms with Gasteiger partial charge < -0.3 is 0 Å². The molecule has 0 N–H and O–H groups in total. The largest absolute Gasteiger partial charge is 0.0922 e. The lowest BCUT2D eigenvalue weighted by Crippen LogP contribution is -2.22. The van der Waals surface area contributed by atoms with Crippen molar-refractivity contribution in [2.24, 2.45) is 11.3 Å². The highest BCUT2D eigenvalue weighted by molar-refractivity contribution is 9.09. The first-order valence-corrected chi connectivity index (χ1v) is 6.80. The lowest BCUT2D eigenvalue weighted by atomic mass is 9.78. The van der Waals surface area contributed by atoms with Gasteiger partial charge in [0.1, 0.15) is 0 Å². The molecule has 0 spiro atoms. The zero-order valence-corrected chi connectivity index (χ0v) is 11.3. The Morgan fingerprint density at radius 2 is 1.69 bits per heavy atom. The molecule has 1 unspecified atom stereocenters. The summed E-state index contributed by atoms with van der Waals surface area (Å²) in [7, 11) is 0. The van der Waals surface area contributed by atoms with E-state index in [-0.39, 0.29) is 0 Å². The van der Waals surface area contributed by atoms with Crippen molar-refractivity contribution in [3.05, 3.63) is 0 Å². The molecule has 0 heterocycles. The average molecular weight is 249 g/mol. The molecule has 0 aliphatic heterocycles. The first kappa shape index (κ1) is 13.5. The van der Waals surface area contributed by atoms with E-state index in [4.69, 9.17) is 0 Å². The molecule has 1 atom stereocenters. The van der Waals surface area contributed by atoms with Gasteiger partial charge in [0.05, 0.1) is 0 Å². The van der Waals surface area contributed by atoms with Gasteiger partial charge in [0.2, 0.25) is 0 Å². The van der Waals surface area contributed by atoms with Crippen LogP contribution in [0.25, 0.3) is 0 Å². The zero-order chi connectivity index (χ0) is 10.3. The third-order valence-electron chi connectivity index (χ3n) is 3.11. The summed E-state index contributed by atoms with van der Waals surface area (Å²) in [4.78, 5) is 0. The number of rotatable bonds is 7. The maximum atomic E-state index is 3.66. The highest BCUT2D eigenvalue weighted by atomic mass is 79.9. The monoisotopic (exact) mass is 248 g/mol. The Morgan fingerprint density at radius 1 is 1.15 bits per heavy atom. The fourth-order valence-electron chi connectivity index (χ4n) is 2.10. The molecule has 13 heavy (non-hydrogen) atoms. The van der Waals surface area contributed by atoms with Crippen LogP contribution in [0.3, 0.4) is 0 Å². The minimum absolute atomic E-state index is 0.533. The van der Waals surface area contributed by atoms with Crippen LogP contribution in [0.1, 0.15) is 59.8 Å². The van der Waals surface area contributed by atoms with E-state index in [1.807, 2.05) is 0 Å². The van der Waals surface area contributed by atoms with Gasteiger partial charge in [-0.3, -0.25) is 0 Å². The third kappa shape index (κ3) is 5.05. The Balaban J connectivity index is 4.07. The van der Waals surface area contributed by atoms with Crippen LogP contribution in [0, 0.1) is 11.3 Å². The van der Waals surface area contributed by atoms with Crippen LogP contribution in [0.5, 0.6) is 0 Å². The van der Waals surface area contributed by atoms with E-state index in [0.717, 1.165) is 11.2 Å². The van der Waals surface area contributed by atoms with Gasteiger partial charge in [-0.15, -0.1) is 0 Å². The van der Waals surface area contributed by atoms with E-state index in [0.29, 0.717) is 5.41 Å². The zero-order valence-electron chi connectivity index (χ0n) is 9.70. The second-order valence-corrected chi connectivity index (χ2v) is 5.14. The van der Waals surface area contributed by atoms with Crippen molar-refractivity contribution in [2.75, 3.05) is 5.33 Å². The minimum atomic E-state index is 0.533. The molecular weight excluding hydrogens is 224 g/mol. The van der Waals surface area contributed by atoms with Gasteiger partial charge in [-0.2, -0.15) is 0 Å². The molecule has 0 bridgehead atoms.